The first-order valence-electron chi connectivity index (χ1n) is 5.65. The van der Waals surface area contributed by atoms with Crippen molar-refractivity contribution in [1.29, 1.82) is 0 Å². The number of aryl methyl sites for hydroxylation is 1. The van der Waals surface area contributed by atoms with Crippen molar-refractivity contribution in [3.8, 4) is 0 Å². The summed E-state index contributed by atoms with van der Waals surface area (Å²) in [4.78, 5) is 11.4. The highest BCUT2D eigenvalue weighted by Gasteiger charge is 2.14. The van der Waals surface area contributed by atoms with Crippen molar-refractivity contribution >= 4 is 12.0 Å². The van der Waals surface area contributed by atoms with E-state index in [0.29, 0.717) is 17.1 Å². The minimum Gasteiger partial charge on any atom is -0.465 e. The predicted molar refractivity (Wildman–Crippen MR) is 67.0 cm³/mol. The van der Waals surface area contributed by atoms with Gasteiger partial charge in [0.2, 0.25) is 0 Å². The second-order valence-corrected chi connectivity index (χ2v) is 3.88. The Hall–Kier alpha value is -1.55. The smallest absolute Gasteiger partial charge is 0.341 e. The first-order chi connectivity index (χ1) is 8.08. The summed E-state index contributed by atoms with van der Waals surface area (Å²) in [6, 6.07) is 1.70. The van der Waals surface area contributed by atoms with Crippen LogP contribution in [-0.2, 0) is 4.74 Å². The van der Waals surface area contributed by atoms with Gasteiger partial charge in [-0.05, 0) is 32.5 Å². The third kappa shape index (κ3) is 3.75. The van der Waals surface area contributed by atoms with Crippen LogP contribution in [0.2, 0.25) is 0 Å². The Kier molecular flexibility index (Phi) is 4.97. The summed E-state index contributed by atoms with van der Waals surface area (Å²) in [5, 5.41) is 3.22. The van der Waals surface area contributed by atoms with E-state index in [1.165, 1.54) is 7.11 Å². The molecule has 4 heteroatoms. The van der Waals surface area contributed by atoms with E-state index < -0.39 is 0 Å². The molecule has 0 saturated carbocycles. The maximum Gasteiger partial charge on any atom is 0.341 e. The molecule has 1 N–H and O–H groups in total. The lowest BCUT2D eigenvalue weighted by Crippen LogP contribution is -2.14. The number of rotatable bonds is 5. The summed E-state index contributed by atoms with van der Waals surface area (Å²) in [5.41, 5.74) is 1.63. The Morgan fingerprint density at radius 1 is 1.59 bits per heavy atom. The van der Waals surface area contributed by atoms with Crippen molar-refractivity contribution < 1.29 is 13.9 Å². The molecule has 0 aromatic carbocycles. The van der Waals surface area contributed by atoms with Gasteiger partial charge < -0.3 is 14.5 Å². The highest BCUT2D eigenvalue weighted by molar-refractivity contribution is 5.91. The number of methoxy groups -OCH3 is 1. The standard InChI is InChI=1S/C13H19NO3/c1-5-14-8-9(2)6-11-7-12(10(3)17-11)13(15)16-4/h6-7,14H,5,8H2,1-4H3. The summed E-state index contributed by atoms with van der Waals surface area (Å²) >= 11 is 0. The highest BCUT2D eigenvalue weighted by atomic mass is 16.5. The average molecular weight is 237 g/mol. The van der Waals surface area contributed by atoms with Crippen LogP contribution < -0.4 is 5.32 Å². The van der Waals surface area contributed by atoms with Gasteiger partial charge in [0, 0.05) is 6.54 Å². The normalized spacial score (nSPS) is 11.6. The van der Waals surface area contributed by atoms with E-state index in [-0.39, 0.29) is 5.97 Å². The number of carbonyl (C=O) groups is 1. The van der Waals surface area contributed by atoms with Crippen LogP contribution in [0, 0.1) is 6.92 Å². The first-order valence-corrected chi connectivity index (χ1v) is 5.65. The van der Waals surface area contributed by atoms with Crippen LogP contribution in [0.4, 0.5) is 0 Å². The fourth-order valence-corrected chi connectivity index (χ4v) is 1.50. The molecule has 1 aromatic heterocycles. The van der Waals surface area contributed by atoms with Gasteiger partial charge in [-0.25, -0.2) is 4.79 Å². The molecule has 0 saturated heterocycles. The van der Waals surface area contributed by atoms with Gasteiger partial charge in [-0.2, -0.15) is 0 Å². The lowest BCUT2D eigenvalue weighted by Gasteiger charge is -1.99. The van der Waals surface area contributed by atoms with Gasteiger partial charge in [-0.3, -0.25) is 0 Å². The molecule has 4 nitrogen and oxygen atoms in total. The lowest BCUT2D eigenvalue weighted by atomic mass is 10.2. The van der Waals surface area contributed by atoms with Crippen LogP contribution in [0.5, 0.6) is 0 Å². The van der Waals surface area contributed by atoms with Gasteiger partial charge in [-0.15, -0.1) is 0 Å². The van der Waals surface area contributed by atoms with Crippen LogP contribution in [0.15, 0.2) is 16.1 Å². The predicted octanol–water partition coefficient (Wildman–Crippen LogP) is 2.39. The number of furan rings is 1. The number of esters is 1. The van der Waals surface area contributed by atoms with Crippen LogP contribution >= 0.6 is 0 Å². The van der Waals surface area contributed by atoms with Gasteiger partial charge in [0.15, 0.2) is 0 Å². The van der Waals surface area contributed by atoms with Crippen LogP contribution in [-0.4, -0.2) is 26.2 Å². The molecule has 0 fully saturated rings. The second kappa shape index (κ2) is 6.25. The number of likely N-dealkylation sites (N-methyl/N-ethyl adjacent to an activating group) is 1. The Balaban J connectivity index is 2.83. The zero-order valence-corrected chi connectivity index (χ0v) is 10.8. The highest BCUT2D eigenvalue weighted by Crippen LogP contribution is 2.17. The lowest BCUT2D eigenvalue weighted by molar-refractivity contribution is 0.0599. The fourth-order valence-electron chi connectivity index (χ4n) is 1.50. The Morgan fingerprint density at radius 3 is 2.88 bits per heavy atom. The molecule has 0 spiro atoms. The molecule has 0 aliphatic rings. The van der Waals surface area contributed by atoms with Gasteiger partial charge in [0.25, 0.3) is 0 Å². The minimum atomic E-state index is -0.366. The van der Waals surface area contributed by atoms with Crippen LogP contribution in [0.3, 0.4) is 0 Å². The second-order valence-electron chi connectivity index (χ2n) is 3.88. The fraction of sp³-hybridized carbons (Fsp3) is 0.462. The molecule has 0 amide bonds. The quantitative estimate of drug-likeness (QED) is 0.799. The molecule has 1 rings (SSSR count). The molecule has 0 aliphatic carbocycles. The maximum absolute atomic E-state index is 11.4. The summed E-state index contributed by atoms with van der Waals surface area (Å²) in [7, 11) is 1.36. The molecule has 17 heavy (non-hydrogen) atoms. The van der Waals surface area contributed by atoms with Gasteiger partial charge in [-0.1, -0.05) is 12.5 Å². The molecule has 0 unspecified atom stereocenters. The molecule has 0 atom stereocenters. The van der Waals surface area contributed by atoms with E-state index in [9.17, 15) is 4.79 Å². The molecule has 0 aliphatic heterocycles. The Morgan fingerprint density at radius 2 is 2.29 bits per heavy atom. The van der Waals surface area contributed by atoms with Crippen LogP contribution in [0.25, 0.3) is 6.08 Å². The topological polar surface area (TPSA) is 51.5 Å². The van der Waals surface area contributed by atoms with E-state index in [0.717, 1.165) is 18.7 Å². The van der Waals surface area contributed by atoms with Crippen molar-refractivity contribution in [2.24, 2.45) is 0 Å². The van der Waals surface area contributed by atoms with E-state index >= 15 is 0 Å². The minimum absolute atomic E-state index is 0.366. The summed E-state index contributed by atoms with van der Waals surface area (Å²) < 4.78 is 10.2. The molecule has 1 heterocycles. The average Bonchev–Trinajstić information content (AvgIpc) is 2.66. The van der Waals surface area contributed by atoms with Gasteiger partial charge in [0.1, 0.15) is 17.1 Å². The molecular formula is C13H19NO3. The van der Waals surface area contributed by atoms with E-state index in [4.69, 9.17) is 4.42 Å². The number of ether oxygens (including phenoxy) is 1. The van der Waals surface area contributed by atoms with Crippen molar-refractivity contribution in [2.45, 2.75) is 20.8 Å². The molecule has 0 bridgehead atoms. The monoisotopic (exact) mass is 237 g/mol. The van der Waals surface area contributed by atoms with Gasteiger partial charge in [0.05, 0.1) is 7.11 Å². The number of carbonyl (C=O) groups excluding carboxylic acids is 1. The third-order valence-electron chi connectivity index (χ3n) is 2.38. The largest absolute Gasteiger partial charge is 0.465 e. The van der Waals surface area contributed by atoms with Crippen molar-refractivity contribution in [3.05, 3.63) is 28.7 Å². The molecule has 0 radical (unpaired) electrons. The van der Waals surface area contributed by atoms with E-state index in [1.54, 1.807) is 13.0 Å². The number of hydrogen-bond acceptors (Lipinski definition) is 4. The Labute approximate surface area is 102 Å². The zero-order valence-electron chi connectivity index (χ0n) is 10.8. The summed E-state index contributed by atoms with van der Waals surface area (Å²) in [5.74, 6) is 0.896. The van der Waals surface area contributed by atoms with Crippen LogP contribution in [0.1, 0.15) is 35.7 Å². The van der Waals surface area contributed by atoms with Crippen molar-refractivity contribution in [2.75, 3.05) is 20.2 Å². The Bertz CT molecular complexity index is 418. The first kappa shape index (κ1) is 13.5. The van der Waals surface area contributed by atoms with Crippen molar-refractivity contribution in [3.63, 3.8) is 0 Å². The van der Waals surface area contributed by atoms with E-state index in [1.807, 2.05) is 13.0 Å². The zero-order chi connectivity index (χ0) is 12.8. The number of nitrogens with one attached hydrogen (secondary N) is 1. The summed E-state index contributed by atoms with van der Waals surface area (Å²) in [6.45, 7) is 7.56. The molecule has 1 aromatic rings. The van der Waals surface area contributed by atoms with Crippen molar-refractivity contribution in [1.82, 2.24) is 5.32 Å². The maximum atomic E-state index is 11.4. The molecular weight excluding hydrogens is 218 g/mol. The van der Waals surface area contributed by atoms with E-state index in [2.05, 4.69) is 17.0 Å². The molecule has 94 valence electrons. The third-order valence-corrected chi connectivity index (χ3v) is 2.38. The number of hydrogen-bond donors (Lipinski definition) is 1. The summed E-state index contributed by atoms with van der Waals surface area (Å²) in [6.07, 6.45) is 1.92. The SMILES string of the molecule is CCNCC(C)=Cc1cc(C(=O)OC)c(C)o1. The van der Waals surface area contributed by atoms with Gasteiger partial charge >= 0.3 is 5.97 Å².